The van der Waals surface area contributed by atoms with Gasteiger partial charge < -0.3 is 19.9 Å². The molecule has 7 heteroatoms. The first-order valence-electron chi connectivity index (χ1n) is 11.1. The van der Waals surface area contributed by atoms with Crippen molar-refractivity contribution in [2.24, 2.45) is 0 Å². The number of aromatic nitrogens is 1. The second-order valence-corrected chi connectivity index (χ2v) is 8.48. The number of piperazine rings is 1. The third kappa shape index (κ3) is 3.78. The Morgan fingerprint density at radius 2 is 1.91 bits per heavy atom. The van der Waals surface area contributed by atoms with Crippen molar-refractivity contribution < 1.29 is 4.74 Å². The molecule has 2 aliphatic rings. The van der Waals surface area contributed by atoms with Crippen LogP contribution in [0.1, 0.15) is 23.1 Å². The number of pyridine rings is 1. The van der Waals surface area contributed by atoms with Crippen molar-refractivity contribution in [3.63, 3.8) is 0 Å². The number of aromatic amines is 1. The van der Waals surface area contributed by atoms with E-state index in [2.05, 4.69) is 38.3 Å². The lowest BCUT2D eigenvalue weighted by Gasteiger charge is -2.36. The minimum Gasteiger partial charge on any atom is -0.496 e. The van der Waals surface area contributed by atoms with Gasteiger partial charge in [0.1, 0.15) is 5.75 Å². The van der Waals surface area contributed by atoms with E-state index in [0.29, 0.717) is 5.56 Å². The van der Waals surface area contributed by atoms with E-state index in [0.717, 1.165) is 91.3 Å². The summed E-state index contributed by atoms with van der Waals surface area (Å²) in [6, 6.07) is 14.1. The first-order chi connectivity index (χ1) is 15.7. The zero-order chi connectivity index (χ0) is 22.1. The molecule has 0 aliphatic carbocycles. The van der Waals surface area contributed by atoms with Gasteiger partial charge in [0.05, 0.1) is 35.3 Å². The molecule has 0 saturated carbocycles. The van der Waals surface area contributed by atoms with Crippen LogP contribution in [0.2, 0.25) is 0 Å². The fourth-order valence-corrected chi connectivity index (χ4v) is 4.82. The van der Waals surface area contributed by atoms with E-state index in [9.17, 15) is 4.79 Å². The summed E-state index contributed by atoms with van der Waals surface area (Å²) in [5.74, 6) is 0.801. The van der Waals surface area contributed by atoms with E-state index >= 15 is 0 Å². The van der Waals surface area contributed by atoms with Gasteiger partial charge in [-0.1, -0.05) is 0 Å². The molecule has 3 aromatic rings. The first-order valence-corrected chi connectivity index (χ1v) is 11.1. The lowest BCUT2D eigenvalue weighted by atomic mass is 9.99. The fraction of sp³-hybridized carbons (Fsp3) is 0.360. The molecule has 1 aromatic heterocycles. The van der Waals surface area contributed by atoms with Crippen molar-refractivity contribution in [1.29, 1.82) is 5.26 Å². The number of fused-ring (bicyclic) bond motifs is 3. The number of anilines is 2. The molecule has 0 radical (unpaired) electrons. The summed E-state index contributed by atoms with van der Waals surface area (Å²) in [5.41, 5.74) is 5.55. The van der Waals surface area contributed by atoms with Gasteiger partial charge in [-0.05, 0) is 54.8 Å². The van der Waals surface area contributed by atoms with Crippen molar-refractivity contribution in [2.45, 2.75) is 19.4 Å². The lowest BCUT2D eigenvalue weighted by molar-refractivity contribution is 0.249. The van der Waals surface area contributed by atoms with Crippen LogP contribution in [-0.4, -0.2) is 49.7 Å². The van der Waals surface area contributed by atoms with Crippen LogP contribution in [-0.2, 0) is 13.0 Å². The highest BCUT2D eigenvalue weighted by molar-refractivity contribution is 5.98. The molecule has 0 atom stereocenters. The number of ether oxygens (including phenoxy) is 1. The Kier molecular flexibility index (Phi) is 5.46. The predicted octanol–water partition coefficient (Wildman–Crippen LogP) is 3.09. The van der Waals surface area contributed by atoms with Crippen LogP contribution in [0.15, 0.2) is 41.2 Å². The number of methoxy groups -OCH3 is 1. The largest absolute Gasteiger partial charge is 0.496 e. The highest BCUT2D eigenvalue weighted by Crippen LogP contribution is 2.35. The second-order valence-electron chi connectivity index (χ2n) is 8.48. The number of rotatable bonds is 4. The molecular weight excluding hydrogens is 402 g/mol. The molecular formula is C25H27N5O2. The van der Waals surface area contributed by atoms with Crippen molar-refractivity contribution in [3.8, 4) is 11.8 Å². The number of nitrogens with zero attached hydrogens (tertiary/aromatic N) is 3. The molecule has 32 heavy (non-hydrogen) atoms. The van der Waals surface area contributed by atoms with Gasteiger partial charge >= 0.3 is 0 Å². The fourth-order valence-electron chi connectivity index (χ4n) is 4.82. The standard InChI is InChI=1S/C25H27N5O2/c1-32-22-14-18(13-21-23(22)24-20(25(31)28-21)3-2-8-27-24)16-29-9-11-30(12-10-29)19-6-4-17(15-26)5-7-19/h4-7,13-14,27H,2-3,8-12,16H2,1H3,(H,28,31). The van der Waals surface area contributed by atoms with Gasteiger partial charge in [-0.15, -0.1) is 0 Å². The van der Waals surface area contributed by atoms with Crippen LogP contribution in [0.25, 0.3) is 10.9 Å². The normalized spacial score (nSPS) is 16.3. The third-order valence-electron chi connectivity index (χ3n) is 6.50. The molecule has 3 heterocycles. The summed E-state index contributed by atoms with van der Waals surface area (Å²) in [5, 5.41) is 13.4. The Balaban J connectivity index is 1.34. The van der Waals surface area contributed by atoms with Crippen LogP contribution in [0, 0.1) is 11.3 Å². The number of hydrogen-bond donors (Lipinski definition) is 2. The average Bonchev–Trinajstić information content (AvgIpc) is 2.84. The summed E-state index contributed by atoms with van der Waals surface area (Å²) in [7, 11) is 1.69. The minimum atomic E-state index is -0.00469. The number of H-pyrrole nitrogens is 1. The number of hydrogen-bond acceptors (Lipinski definition) is 6. The maximum Gasteiger partial charge on any atom is 0.253 e. The Labute approximate surface area is 187 Å². The molecule has 0 spiro atoms. The molecule has 0 bridgehead atoms. The van der Waals surface area contributed by atoms with Gasteiger partial charge in [-0.3, -0.25) is 9.69 Å². The maximum absolute atomic E-state index is 12.6. The molecule has 1 fully saturated rings. The van der Waals surface area contributed by atoms with E-state index in [1.54, 1.807) is 7.11 Å². The molecule has 164 valence electrons. The van der Waals surface area contributed by atoms with E-state index in [4.69, 9.17) is 10.00 Å². The molecule has 5 rings (SSSR count). The van der Waals surface area contributed by atoms with Crippen LogP contribution >= 0.6 is 0 Å². The molecule has 0 unspecified atom stereocenters. The number of nitrogens with one attached hydrogen (secondary N) is 2. The first kappa shape index (κ1) is 20.4. The Morgan fingerprint density at radius 3 is 2.62 bits per heavy atom. The smallest absolute Gasteiger partial charge is 0.253 e. The van der Waals surface area contributed by atoms with Crippen LogP contribution in [0.5, 0.6) is 5.75 Å². The molecule has 1 saturated heterocycles. The van der Waals surface area contributed by atoms with E-state index < -0.39 is 0 Å². The summed E-state index contributed by atoms with van der Waals surface area (Å²) >= 11 is 0. The summed E-state index contributed by atoms with van der Waals surface area (Å²) < 4.78 is 5.75. The van der Waals surface area contributed by atoms with Gasteiger partial charge in [0.25, 0.3) is 5.56 Å². The van der Waals surface area contributed by atoms with Gasteiger partial charge in [0.2, 0.25) is 0 Å². The SMILES string of the molecule is COc1cc(CN2CCN(c3ccc(C#N)cc3)CC2)cc2[nH]c(=O)c3c(c12)NCCC3. The van der Waals surface area contributed by atoms with Crippen molar-refractivity contribution in [3.05, 3.63) is 63.4 Å². The Bertz CT molecular complexity index is 1230. The molecule has 2 aromatic carbocycles. The lowest BCUT2D eigenvalue weighted by Crippen LogP contribution is -2.45. The average molecular weight is 430 g/mol. The minimum absolute atomic E-state index is 0.00469. The van der Waals surface area contributed by atoms with Crippen molar-refractivity contribution >= 4 is 22.3 Å². The molecule has 2 N–H and O–H groups in total. The topological polar surface area (TPSA) is 84.4 Å². The van der Waals surface area contributed by atoms with Crippen LogP contribution in [0.4, 0.5) is 11.4 Å². The van der Waals surface area contributed by atoms with Gasteiger partial charge in [-0.2, -0.15) is 5.26 Å². The molecule has 2 aliphatic heterocycles. The summed E-state index contributed by atoms with van der Waals surface area (Å²) in [4.78, 5) is 20.5. The van der Waals surface area contributed by atoms with Gasteiger partial charge in [-0.25, -0.2) is 0 Å². The van der Waals surface area contributed by atoms with Crippen molar-refractivity contribution in [1.82, 2.24) is 9.88 Å². The number of nitriles is 1. The predicted molar refractivity (Wildman–Crippen MR) is 127 cm³/mol. The number of benzene rings is 2. The zero-order valence-electron chi connectivity index (χ0n) is 18.3. The molecule has 0 amide bonds. The maximum atomic E-state index is 12.6. The summed E-state index contributed by atoms with van der Waals surface area (Å²) in [6.45, 7) is 5.45. The summed E-state index contributed by atoms with van der Waals surface area (Å²) in [6.07, 6.45) is 1.76. The Hall–Kier alpha value is -3.50. The van der Waals surface area contributed by atoms with Crippen LogP contribution in [0.3, 0.4) is 0 Å². The van der Waals surface area contributed by atoms with Crippen LogP contribution < -0.4 is 20.5 Å². The third-order valence-corrected chi connectivity index (χ3v) is 6.50. The van der Waals surface area contributed by atoms with E-state index in [1.165, 1.54) is 0 Å². The van der Waals surface area contributed by atoms with E-state index in [1.807, 2.05) is 24.3 Å². The highest BCUT2D eigenvalue weighted by Gasteiger charge is 2.21. The van der Waals surface area contributed by atoms with E-state index in [-0.39, 0.29) is 5.56 Å². The highest BCUT2D eigenvalue weighted by atomic mass is 16.5. The monoisotopic (exact) mass is 429 g/mol. The second kappa shape index (κ2) is 8.56. The molecule has 7 nitrogen and oxygen atoms in total. The van der Waals surface area contributed by atoms with Crippen molar-refractivity contribution in [2.75, 3.05) is 50.1 Å². The Morgan fingerprint density at radius 1 is 1.12 bits per heavy atom. The van der Waals surface area contributed by atoms with Gasteiger partial charge in [0, 0.05) is 50.5 Å². The van der Waals surface area contributed by atoms with Gasteiger partial charge in [0.15, 0.2) is 0 Å². The zero-order valence-corrected chi connectivity index (χ0v) is 18.3. The quantitative estimate of drug-likeness (QED) is 0.663.